The fourth-order valence-corrected chi connectivity index (χ4v) is 2.42. The quantitative estimate of drug-likeness (QED) is 0.716. The summed E-state index contributed by atoms with van der Waals surface area (Å²) in [6.07, 6.45) is 3.73. The molecule has 2 heterocycles. The minimum atomic E-state index is -3.88. The Balaban J connectivity index is 2.37. The van der Waals surface area contributed by atoms with Gasteiger partial charge >= 0.3 is 0 Å². The van der Waals surface area contributed by atoms with Gasteiger partial charge in [0.2, 0.25) is 15.8 Å². The third-order valence-corrected chi connectivity index (χ3v) is 3.46. The molecular weight excluding hydrogens is 260 g/mol. The lowest BCUT2D eigenvalue weighted by Crippen LogP contribution is -2.24. The molecule has 0 unspecified atom stereocenters. The van der Waals surface area contributed by atoms with Crippen LogP contribution in [0.5, 0.6) is 0 Å². The monoisotopic (exact) mass is 268 g/mol. The van der Waals surface area contributed by atoms with Crippen LogP contribution in [0.3, 0.4) is 0 Å². The Kier molecular flexibility index (Phi) is 3.02. The molecule has 94 valence electrons. The summed E-state index contributed by atoms with van der Waals surface area (Å²) in [6.45, 7) is 0. The molecule has 1 amide bonds. The maximum atomic E-state index is 12.0. The van der Waals surface area contributed by atoms with E-state index in [-0.39, 0.29) is 5.82 Å². The Morgan fingerprint density at radius 1 is 1.33 bits per heavy atom. The molecule has 0 fully saturated rings. The molecule has 0 aliphatic heterocycles. The van der Waals surface area contributed by atoms with Gasteiger partial charge in [-0.1, -0.05) is 0 Å². The first kappa shape index (κ1) is 12.1. The van der Waals surface area contributed by atoms with E-state index in [0.29, 0.717) is 3.97 Å². The Morgan fingerprint density at radius 3 is 2.61 bits per heavy atom. The lowest BCUT2D eigenvalue weighted by molar-refractivity contribution is 0.0989. The number of nitrogens with two attached hydrogens (primary N) is 1. The van der Waals surface area contributed by atoms with Crippen molar-refractivity contribution in [1.82, 2.24) is 24.1 Å². The van der Waals surface area contributed by atoms with Crippen LogP contribution in [0.15, 0.2) is 24.8 Å². The SMILES string of the molecule is NC(=O)c1nncn1S(=O)(=O)Cc1ncccn1. The Bertz CT molecular complexity index is 665. The molecule has 10 heteroatoms. The van der Waals surface area contributed by atoms with E-state index in [1.165, 1.54) is 12.4 Å². The molecular formula is C8H8N6O3S. The number of aromatic nitrogens is 5. The minimum Gasteiger partial charge on any atom is -0.363 e. The number of carbonyl (C=O) groups excluding carboxylic acids is 1. The van der Waals surface area contributed by atoms with Gasteiger partial charge in [0.05, 0.1) is 0 Å². The van der Waals surface area contributed by atoms with Gasteiger partial charge in [0.1, 0.15) is 17.9 Å². The molecule has 2 aromatic rings. The normalized spacial score (nSPS) is 11.3. The van der Waals surface area contributed by atoms with E-state index < -0.39 is 27.5 Å². The Morgan fingerprint density at radius 2 is 2.00 bits per heavy atom. The maximum Gasteiger partial charge on any atom is 0.287 e. The molecule has 2 rings (SSSR count). The van der Waals surface area contributed by atoms with E-state index in [0.717, 1.165) is 6.33 Å². The summed E-state index contributed by atoms with van der Waals surface area (Å²) < 4.78 is 24.6. The second-order valence-corrected chi connectivity index (χ2v) is 5.08. The third kappa shape index (κ3) is 2.32. The van der Waals surface area contributed by atoms with E-state index in [1.807, 2.05) is 0 Å². The summed E-state index contributed by atoms with van der Waals surface area (Å²) in [4.78, 5) is 18.6. The van der Waals surface area contributed by atoms with Crippen molar-refractivity contribution in [2.45, 2.75) is 5.75 Å². The standard InChI is InChI=1S/C8H8N6O3S/c9-7(15)8-13-12-5-14(8)18(16,17)4-6-10-2-1-3-11-6/h1-3,5H,4H2,(H2,9,15). The van der Waals surface area contributed by atoms with Gasteiger partial charge in [-0.05, 0) is 6.07 Å². The summed E-state index contributed by atoms with van der Waals surface area (Å²) in [5, 5.41) is 6.69. The number of hydrogen-bond donors (Lipinski definition) is 1. The third-order valence-electron chi connectivity index (χ3n) is 1.97. The van der Waals surface area contributed by atoms with E-state index in [4.69, 9.17) is 5.73 Å². The number of amides is 1. The van der Waals surface area contributed by atoms with Crippen LogP contribution in [0.25, 0.3) is 0 Å². The average molecular weight is 268 g/mol. The Labute approximate surface area is 102 Å². The summed E-state index contributed by atoms with van der Waals surface area (Å²) >= 11 is 0. The van der Waals surface area contributed by atoms with E-state index >= 15 is 0 Å². The van der Waals surface area contributed by atoms with Gasteiger partial charge in [0, 0.05) is 12.4 Å². The van der Waals surface area contributed by atoms with Crippen molar-refractivity contribution in [2.75, 3.05) is 0 Å². The van der Waals surface area contributed by atoms with E-state index in [1.54, 1.807) is 6.07 Å². The first-order chi connectivity index (χ1) is 8.50. The summed E-state index contributed by atoms with van der Waals surface area (Å²) in [5.41, 5.74) is 4.99. The molecule has 0 aliphatic carbocycles. The number of carbonyl (C=O) groups is 1. The zero-order valence-electron chi connectivity index (χ0n) is 8.96. The lowest BCUT2D eigenvalue weighted by Gasteiger charge is -2.04. The molecule has 0 atom stereocenters. The topological polar surface area (TPSA) is 134 Å². The van der Waals surface area contributed by atoms with Gasteiger partial charge in [-0.3, -0.25) is 4.79 Å². The molecule has 2 N–H and O–H groups in total. The lowest BCUT2D eigenvalue weighted by atomic mass is 10.6. The highest BCUT2D eigenvalue weighted by molar-refractivity contribution is 7.89. The van der Waals surface area contributed by atoms with Gasteiger partial charge in [0.25, 0.3) is 5.91 Å². The predicted molar refractivity (Wildman–Crippen MR) is 58.6 cm³/mol. The highest BCUT2D eigenvalue weighted by Crippen LogP contribution is 2.06. The molecule has 9 nitrogen and oxygen atoms in total. The van der Waals surface area contributed by atoms with Crippen molar-refractivity contribution >= 4 is 15.9 Å². The molecule has 0 aromatic carbocycles. The fourth-order valence-electron chi connectivity index (χ4n) is 1.22. The number of primary amides is 1. The molecule has 0 aliphatic rings. The molecule has 0 spiro atoms. The fraction of sp³-hybridized carbons (Fsp3) is 0.125. The van der Waals surface area contributed by atoms with E-state index in [9.17, 15) is 13.2 Å². The largest absolute Gasteiger partial charge is 0.363 e. The van der Waals surface area contributed by atoms with Crippen molar-refractivity contribution in [3.05, 3.63) is 36.4 Å². The van der Waals surface area contributed by atoms with Crippen molar-refractivity contribution in [3.8, 4) is 0 Å². The summed E-state index contributed by atoms with van der Waals surface area (Å²) in [5.74, 6) is -1.82. The number of rotatable bonds is 4. The molecule has 0 saturated heterocycles. The van der Waals surface area contributed by atoms with Gasteiger partial charge in [-0.25, -0.2) is 22.4 Å². The van der Waals surface area contributed by atoms with Crippen molar-refractivity contribution < 1.29 is 13.2 Å². The van der Waals surface area contributed by atoms with Crippen LogP contribution in [0, 0.1) is 0 Å². The van der Waals surface area contributed by atoms with Crippen LogP contribution in [0.2, 0.25) is 0 Å². The highest BCUT2D eigenvalue weighted by atomic mass is 32.2. The molecule has 0 bridgehead atoms. The van der Waals surface area contributed by atoms with Crippen LogP contribution in [0.4, 0.5) is 0 Å². The average Bonchev–Trinajstić information content (AvgIpc) is 2.79. The van der Waals surface area contributed by atoms with Crippen LogP contribution >= 0.6 is 0 Å². The summed E-state index contributed by atoms with van der Waals surface area (Å²) in [7, 11) is -3.88. The van der Waals surface area contributed by atoms with Crippen molar-refractivity contribution in [2.24, 2.45) is 5.73 Å². The van der Waals surface area contributed by atoms with Crippen LogP contribution < -0.4 is 5.73 Å². The second kappa shape index (κ2) is 4.49. The number of hydrogen-bond acceptors (Lipinski definition) is 7. The van der Waals surface area contributed by atoms with Gasteiger partial charge in [0.15, 0.2) is 0 Å². The van der Waals surface area contributed by atoms with Gasteiger partial charge < -0.3 is 5.73 Å². The van der Waals surface area contributed by atoms with Crippen LogP contribution in [-0.2, 0) is 15.8 Å². The highest BCUT2D eigenvalue weighted by Gasteiger charge is 2.23. The van der Waals surface area contributed by atoms with Crippen molar-refractivity contribution in [1.29, 1.82) is 0 Å². The second-order valence-electron chi connectivity index (χ2n) is 3.24. The van der Waals surface area contributed by atoms with Gasteiger partial charge in [-0.15, -0.1) is 10.2 Å². The first-order valence-corrected chi connectivity index (χ1v) is 6.30. The predicted octanol–water partition coefficient (Wildman–Crippen LogP) is -1.45. The number of nitrogens with zero attached hydrogens (tertiary/aromatic N) is 5. The Hall–Kier alpha value is -2.36. The smallest absolute Gasteiger partial charge is 0.287 e. The summed E-state index contributed by atoms with van der Waals surface area (Å²) in [6, 6.07) is 1.56. The van der Waals surface area contributed by atoms with E-state index in [2.05, 4.69) is 20.2 Å². The first-order valence-electron chi connectivity index (χ1n) is 4.69. The zero-order valence-corrected chi connectivity index (χ0v) is 9.78. The maximum absolute atomic E-state index is 12.0. The zero-order chi connectivity index (χ0) is 13.2. The van der Waals surface area contributed by atoms with Crippen LogP contribution in [0.1, 0.15) is 16.4 Å². The molecule has 0 radical (unpaired) electrons. The molecule has 0 saturated carbocycles. The molecule has 18 heavy (non-hydrogen) atoms. The minimum absolute atomic E-state index is 0.0987. The van der Waals surface area contributed by atoms with Crippen LogP contribution in [-0.4, -0.2) is 38.5 Å². The van der Waals surface area contributed by atoms with Gasteiger partial charge in [-0.2, -0.15) is 0 Å². The van der Waals surface area contributed by atoms with Crippen molar-refractivity contribution in [3.63, 3.8) is 0 Å². The molecule has 2 aromatic heterocycles.